The lowest BCUT2D eigenvalue weighted by atomic mass is 9.90. The molecule has 1 fully saturated rings. The van der Waals surface area contributed by atoms with Crippen LogP contribution in [0.1, 0.15) is 24.0 Å². The maximum absolute atomic E-state index is 11.6. The van der Waals surface area contributed by atoms with Gasteiger partial charge in [-0.15, -0.1) is 0 Å². The van der Waals surface area contributed by atoms with E-state index >= 15 is 0 Å². The van der Waals surface area contributed by atoms with Gasteiger partial charge in [0.2, 0.25) is 0 Å². The Kier molecular flexibility index (Phi) is 3.38. The van der Waals surface area contributed by atoms with Gasteiger partial charge in [-0.2, -0.15) is 0 Å². The molecular formula is C16H20N2O. The van der Waals surface area contributed by atoms with E-state index in [9.17, 15) is 4.79 Å². The van der Waals surface area contributed by atoms with Gasteiger partial charge in [-0.1, -0.05) is 6.07 Å². The van der Waals surface area contributed by atoms with Crippen LogP contribution in [0.15, 0.2) is 29.1 Å². The van der Waals surface area contributed by atoms with E-state index in [1.54, 1.807) is 0 Å². The highest BCUT2D eigenvalue weighted by atomic mass is 16.1. The molecule has 0 atom stereocenters. The Bertz CT molecular complexity index is 639. The van der Waals surface area contributed by atoms with Gasteiger partial charge in [-0.05, 0) is 74.3 Å². The van der Waals surface area contributed by atoms with Crippen LogP contribution >= 0.6 is 0 Å². The summed E-state index contributed by atoms with van der Waals surface area (Å²) < 4.78 is 0. The van der Waals surface area contributed by atoms with Crippen LogP contribution in [0, 0.1) is 12.8 Å². The quantitative estimate of drug-likeness (QED) is 0.866. The van der Waals surface area contributed by atoms with Crippen LogP contribution in [0.3, 0.4) is 0 Å². The average Bonchev–Trinajstić information content (AvgIpc) is 2.42. The van der Waals surface area contributed by atoms with Crippen LogP contribution in [-0.2, 0) is 6.42 Å². The van der Waals surface area contributed by atoms with Gasteiger partial charge in [0.1, 0.15) is 0 Å². The monoisotopic (exact) mass is 256 g/mol. The molecule has 0 aliphatic carbocycles. The molecule has 3 rings (SSSR count). The molecule has 0 bridgehead atoms. The van der Waals surface area contributed by atoms with Crippen LogP contribution in [-0.4, -0.2) is 18.1 Å². The van der Waals surface area contributed by atoms with Crippen LogP contribution in [0.4, 0.5) is 0 Å². The van der Waals surface area contributed by atoms with Crippen LogP contribution in [0.25, 0.3) is 10.9 Å². The lowest BCUT2D eigenvalue weighted by Gasteiger charge is -2.22. The second-order valence-corrected chi connectivity index (χ2v) is 5.60. The van der Waals surface area contributed by atoms with Gasteiger partial charge < -0.3 is 10.3 Å². The number of aromatic nitrogens is 1. The fraction of sp³-hybridized carbons (Fsp3) is 0.438. The van der Waals surface area contributed by atoms with Gasteiger partial charge in [0.25, 0.3) is 5.56 Å². The highest BCUT2D eigenvalue weighted by molar-refractivity contribution is 5.79. The van der Waals surface area contributed by atoms with Crippen molar-refractivity contribution in [1.82, 2.24) is 10.3 Å². The number of fused-ring (bicyclic) bond motifs is 1. The van der Waals surface area contributed by atoms with Crippen molar-refractivity contribution in [3.8, 4) is 0 Å². The number of H-pyrrole nitrogens is 1. The summed E-state index contributed by atoms with van der Waals surface area (Å²) in [6.45, 7) is 4.15. The van der Waals surface area contributed by atoms with Gasteiger partial charge in [-0.25, -0.2) is 0 Å². The summed E-state index contributed by atoms with van der Waals surface area (Å²) in [5, 5.41) is 4.55. The average molecular weight is 256 g/mol. The first-order chi connectivity index (χ1) is 9.22. The maximum atomic E-state index is 11.6. The van der Waals surface area contributed by atoms with Crippen molar-refractivity contribution in [2.45, 2.75) is 26.2 Å². The number of hydrogen-bond donors (Lipinski definition) is 2. The second kappa shape index (κ2) is 5.17. The molecular weight excluding hydrogens is 236 g/mol. The molecule has 0 unspecified atom stereocenters. The molecule has 3 nitrogen and oxygen atoms in total. The molecule has 19 heavy (non-hydrogen) atoms. The van der Waals surface area contributed by atoms with E-state index in [0.29, 0.717) is 0 Å². The Hall–Kier alpha value is -1.61. The van der Waals surface area contributed by atoms with Gasteiger partial charge in [-0.3, -0.25) is 4.79 Å². The van der Waals surface area contributed by atoms with Gasteiger partial charge in [0.05, 0.1) is 0 Å². The van der Waals surface area contributed by atoms with Gasteiger partial charge in [0.15, 0.2) is 0 Å². The molecule has 0 amide bonds. The minimum Gasteiger partial charge on any atom is -0.322 e. The zero-order valence-corrected chi connectivity index (χ0v) is 11.3. The van der Waals surface area contributed by atoms with Gasteiger partial charge in [0, 0.05) is 11.1 Å². The Morgan fingerprint density at radius 1 is 1.21 bits per heavy atom. The molecule has 1 aromatic heterocycles. The van der Waals surface area contributed by atoms with Gasteiger partial charge >= 0.3 is 0 Å². The second-order valence-electron chi connectivity index (χ2n) is 5.60. The van der Waals surface area contributed by atoms with Crippen molar-refractivity contribution in [2.75, 3.05) is 13.1 Å². The molecule has 0 radical (unpaired) electrons. The molecule has 3 heteroatoms. The number of pyridine rings is 1. The number of nitrogens with one attached hydrogen (secondary N) is 2. The largest absolute Gasteiger partial charge is 0.322 e. The fourth-order valence-electron chi connectivity index (χ4n) is 2.91. The topological polar surface area (TPSA) is 44.9 Å². The lowest BCUT2D eigenvalue weighted by molar-refractivity contribution is 0.373. The fourth-order valence-corrected chi connectivity index (χ4v) is 2.91. The highest BCUT2D eigenvalue weighted by Gasteiger charge is 2.13. The first kappa shape index (κ1) is 12.4. The molecule has 0 saturated carbocycles. The molecule has 1 aliphatic heterocycles. The minimum atomic E-state index is 0.0126. The Balaban J connectivity index is 1.88. The molecule has 0 spiro atoms. The first-order valence-corrected chi connectivity index (χ1v) is 7.05. The number of benzene rings is 1. The summed E-state index contributed by atoms with van der Waals surface area (Å²) in [5.41, 5.74) is 3.11. The van der Waals surface area contributed by atoms with E-state index in [-0.39, 0.29) is 5.56 Å². The third-order valence-corrected chi connectivity index (χ3v) is 4.08. The standard InChI is InChI=1S/C16H20N2O/c1-11-8-14-10-13(2-3-15(14)18-16(11)19)9-12-4-6-17-7-5-12/h2-3,8,10,12,17H,4-7,9H2,1H3,(H,18,19). The van der Waals surface area contributed by atoms with E-state index < -0.39 is 0 Å². The molecule has 2 heterocycles. The number of rotatable bonds is 2. The smallest absolute Gasteiger partial charge is 0.251 e. The molecule has 1 saturated heterocycles. The zero-order valence-electron chi connectivity index (χ0n) is 11.3. The van der Waals surface area contributed by atoms with Crippen molar-refractivity contribution in [1.29, 1.82) is 0 Å². The van der Waals surface area contributed by atoms with Crippen LogP contribution in [0.2, 0.25) is 0 Å². The predicted molar refractivity (Wildman–Crippen MR) is 78.6 cm³/mol. The SMILES string of the molecule is Cc1cc2cc(CC3CCNCC3)ccc2[nH]c1=O. The number of aromatic amines is 1. The van der Waals surface area contributed by atoms with Crippen LogP contribution < -0.4 is 10.9 Å². The summed E-state index contributed by atoms with van der Waals surface area (Å²) in [6.07, 6.45) is 3.68. The predicted octanol–water partition coefficient (Wildman–Crippen LogP) is 2.38. The Morgan fingerprint density at radius 3 is 2.79 bits per heavy atom. The van der Waals surface area contributed by atoms with E-state index in [2.05, 4.69) is 22.4 Å². The summed E-state index contributed by atoms with van der Waals surface area (Å²) in [7, 11) is 0. The molecule has 2 N–H and O–H groups in total. The normalized spacial score (nSPS) is 16.9. The van der Waals surface area contributed by atoms with Crippen molar-refractivity contribution >= 4 is 10.9 Å². The van der Waals surface area contributed by atoms with E-state index in [1.807, 2.05) is 19.1 Å². The summed E-state index contributed by atoms with van der Waals surface area (Å²) >= 11 is 0. The third-order valence-electron chi connectivity index (χ3n) is 4.08. The number of aryl methyl sites for hydroxylation is 1. The molecule has 1 aliphatic rings. The lowest BCUT2D eigenvalue weighted by Crippen LogP contribution is -2.28. The molecule has 100 valence electrons. The van der Waals surface area contributed by atoms with E-state index in [0.717, 1.165) is 41.9 Å². The molecule has 2 aromatic rings. The summed E-state index contributed by atoms with van der Waals surface area (Å²) in [4.78, 5) is 14.5. The van der Waals surface area contributed by atoms with Crippen molar-refractivity contribution in [3.05, 3.63) is 45.7 Å². The summed E-state index contributed by atoms with van der Waals surface area (Å²) in [5.74, 6) is 0.794. The summed E-state index contributed by atoms with van der Waals surface area (Å²) in [6, 6.07) is 8.39. The Morgan fingerprint density at radius 2 is 2.00 bits per heavy atom. The number of hydrogen-bond acceptors (Lipinski definition) is 2. The minimum absolute atomic E-state index is 0.0126. The highest BCUT2D eigenvalue weighted by Crippen LogP contribution is 2.20. The van der Waals surface area contributed by atoms with Crippen molar-refractivity contribution in [3.63, 3.8) is 0 Å². The maximum Gasteiger partial charge on any atom is 0.251 e. The third kappa shape index (κ3) is 2.71. The van der Waals surface area contributed by atoms with E-state index in [1.165, 1.54) is 18.4 Å². The number of piperidine rings is 1. The van der Waals surface area contributed by atoms with E-state index in [4.69, 9.17) is 0 Å². The molecule has 1 aromatic carbocycles. The van der Waals surface area contributed by atoms with Crippen LogP contribution in [0.5, 0.6) is 0 Å². The Labute approximate surface area is 113 Å². The van der Waals surface area contributed by atoms with Crippen molar-refractivity contribution < 1.29 is 0 Å². The van der Waals surface area contributed by atoms with Crippen molar-refractivity contribution in [2.24, 2.45) is 5.92 Å². The zero-order chi connectivity index (χ0) is 13.2. The first-order valence-electron chi connectivity index (χ1n) is 7.05.